The van der Waals surface area contributed by atoms with Gasteiger partial charge >= 0.3 is 0 Å². The van der Waals surface area contributed by atoms with Crippen LogP contribution in [0.4, 0.5) is 0 Å². The van der Waals surface area contributed by atoms with Crippen molar-refractivity contribution in [1.29, 1.82) is 0 Å². The molecule has 0 heterocycles. The van der Waals surface area contributed by atoms with Gasteiger partial charge in [0.05, 0.1) is 0 Å². The first-order valence-electron chi connectivity index (χ1n) is 7.54. The number of rotatable bonds is 4. The highest BCUT2D eigenvalue weighted by Crippen LogP contribution is 2.33. The minimum atomic E-state index is 0.683. The fourth-order valence-corrected chi connectivity index (χ4v) is 3.78. The minimum absolute atomic E-state index is 0.683. The quantitative estimate of drug-likeness (QED) is 0.822. The highest BCUT2D eigenvalue weighted by molar-refractivity contribution is 9.10. The Morgan fingerprint density at radius 3 is 2.79 bits per heavy atom. The molecule has 1 N–H and O–H groups in total. The van der Waals surface area contributed by atoms with E-state index in [-0.39, 0.29) is 0 Å². The topological polar surface area (TPSA) is 12.0 Å². The third kappa shape index (κ3) is 4.32. The predicted octanol–water partition coefficient (Wildman–Crippen LogP) is 5.00. The average Bonchev–Trinajstić information content (AvgIpc) is 2.36. The van der Waals surface area contributed by atoms with Crippen LogP contribution in [-0.2, 0) is 6.54 Å². The van der Waals surface area contributed by atoms with Gasteiger partial charge in [-0.15, -0.1) is 0 Å². The van der Waals surface area contributed by atoms with E-state index in [9.17, 15) is 0 Å². The smallest absolute Gasteiger partial charge is 0.0208 e. The molecule has 1 fully saturated rings. The van der Waals surface area contributed by atoms with E-state index in [1.54, 1.807) is 0 Å². The molecular weight excluding hydrogens is 298 g/mol. The first-order chi connectivity index (χ1) is 9.06. The molecule has 0 bridgehead atoms. The molecule has 0 aliphatic heterocycles. The molecular formula is C17H26BrN. The van der Waals surface area contributed by atoms with Crippen molar-refractivity contribution < 1.29 is 0 Å². The van der Waals surface area contributed by atoms with Gasteiger partial charge in [0, 0.05) is 17.1 Å². The first-order valence-corrected chi connectivity index (χ1v) is 8.33. The molecule has 0 spiro atoms. The summed E-state index contributed by atoms with van der Waals surface area (Å²) >= 11 is 3.55. The van der Waals surface area contributed by atoms with E-state index in [1.165, 1.54) is 29.3 Å². The van der Waals surface area contributed by atoms with Crippen LogP contribution in [0.2, 0.25) is 0 Å². The molecule has 0 saturated heterocycles. The fraction of sp³-hybridized carbons (Fsp3) is 0.647. The van der Waals surface area contributed by atoms with Gasteiger partial charge in [0.2, 0.25) is 0 Å². The van der Waals surface area contributed by atoms with Crippen molar-refractivity contribution in [2.75, 3.05) is 0 Å². The maximum Gasteiger partial charge on any atom is 0.0208 e. The van der Waals surface area contributed by atoms with Crippen LogP contribution < -0.4 is 5.32 Å². The van der Waals surface area contributed by atoms with Crippen molar-refractivity contribution in [1.82, 2.24) is 5.32 Å². The number of hydrogen-bond acceptors (Lipinski definition) is 1. The van der Waals surface area contributed by atoms with Gasteiger partial charge in [0.25, 0.3) is 0 Å². The molecule has 1 aliphatic carbocycles. The maximum absolute atomic E-state index is 3.81. The molecule has 1 aromatic carbocycles. The van der Waals surface area contributed by atoms with Gasteiger partial charge in [0.15, 0.2) is 0 Å². The van der Waals surface area contributed by atoms with Crippen molar-refractivity contribution in [2.24, 2.45) is 17.8 Å². The summed E-state index contributed by atoms with van der Waals surface area (Å²) in [6.07, 6.45) is 4.11. The lowest BCUT2D eigenvalue weighted by Gasteiger charge is -2.38. The van der Waals surface area contributed by atoms with Crippen LogP contribution in [0.15, 0.2) is 28.7 Å². The Bertz CT molecular complexity index is 402. The fourth-order valence-electron chi connectivity index (χ4n) is 3.33. The molecule has 1 aromatic rings. The van der Waals surface area contributed by atoms with Crippen molar-refractivity contribution in [2.45, 2.75) is 52.6 Å². The Hall–Kier alpha value is -0.340. The third-order valence-corrected chi connectivity index (χ3v) is 4.97. The molecule has 0 aromatic heterocycles. The number of benzene rings is 1. The monoisotopic (exact) mass is 323 g/mol. The van der Waals surface area contributed by atoms with E-state index in [2.05, 4.69) is 66.3 Å². The second kappa shape index (κ2) is 6.90. The van der Waals surface area contributed by atoms with E-state index in [0.29, 0.717) is 6.04 Å². The molecule has 19 heavy (non-hydrogen) atoms. The second-order valence-corrected chi connectivity index (χ2v) is 7.36. The molecule has 3 atom stereocenters. The maximum atomic E-state index is 3.81. The molecule has 0 amide bonds. The van der Waals surface area contributed by atoms with Crippen molar-refractivity contribution in [3.8, 4) is 0 Å². The van der Waals surface area contributed by atoms with E-state index in [1.807, 2.05) is 0 Å². The van der Waals surface area contributed by atoms with E-state index in [4.69, 9.17) is 0 Å². The lowest BCUT2D eigenvalue weighted by molar-refractivity contribution is 0.169. The molecule has 2 heteroatoms. The lowest BCUT2D eigenvalue weighted by Crippen LogP contribution is -2.42. The predicted molar refractivity (Wildman–Crippen MR) is 86.1 cm³/mol. The molecule has 1 aliphatic rings. The zero-order chi connectivity index (χ0) is 13.8. The van der Waals surface area contributed by atoms with Gasteiger partial charge in [0.1, 0.15) is 0 Å². The number of halogens is 1. The van der Waals surface area contributed by atoms with Gasteiger partial charge in [-0.25, -0.2) is 0 Å². The summed E-state index contributed by atoms with van der Waals surface area (Å²) in [6, 6.07) is 9.30. The zero-order valence-corrected chi connectivity index (χ0v) is 13.9. The molecule has 1 saturated carbocycles. The van der Waals surface area contributed by atoms with Gasteiger partial charge in [-0.1, -0.05) is 55.3 Å². The summed E-state index contributed by atoms with van der Waals surface area (Å²) in [4.78, 5) is 0. The Morgan fingerprint density at radius 2 is 2.11 bits per heavy atom. The molecule has 106 valence electrons. The van der Waals surface area contributed by atoms with Crippen LogP contribution in [0.1, 0.15) is 45.6 Å². The third-order valence-electron chi connectivity index (χ3n) is 4.48. The van der Waals surface area contributed by atoms with Gasteiger partial charge in [-0.05, 0) is 48.3 Å². The lowest BCUT2D eigenvalue weighted by atomic mass is 9.74. The van der Waals surface area contributed by atoms with Gasteiger partial charge in [-0.2, -0.15) is 0 Å². The van der Waals surface area contributed by atoms with E-state index >= 15 is 0 Å². The molecule has 2 rings (SSSR count). The SMILES string of the molecule is CC1CCC(C(C)C)C(NCc2cccc(Br)c2)C1. The number of hydrogen-bond donors (Lipinski definition) is 1. The normalized spacial score (nSPS) is 27.7. The summed E-state index contributed by atoms with van der Waals surface area (Å²) in [5, 5.41) is 3.81. The Kier molecular flexibility index (Phi) is 5.47. The van der Waals surface area contributed by atoms with Gasteiger partial charge in [-0.3, -0.25) is 0 Å². The van der Waals surface area contributed by atoms with E-state index < -0.39 is 0 Å². The zero-order valence-electron chi connectivity index (χ0n) is 12.3. The molecule has 0 radical (unpaired) electrons. The van der Waals surface area contributed by atoms with Gasteiger partial charge < -0.3 is 5.32 Å². The minimum Gasteiger partial charge on any atom is -0.310 e. The second-order valence-electron chi connectivity index (χ2n) is 6.44. The first kappa shape index (κ1) is 15.1. The summed E-state index contributed by atoms with van der Waals surface area (Å²) in [5.41, 5.74) is 1.37. The summed E-state index contributed by atoms with van der Waals surface area (Å²) < 4.78 is 1.17. The molecule has 1 nitrogen and oxygen atoms in total. The Morgan fingerprint density at radius 1 is 1.32 bits per heavy atom. The van der Waals surface area contributed by atoms with E-state index in [0.717, 1.165) is 24.3 Å². The molecule has 3 unspecified atom stereocenters. The van der Waals surface area contributed by atoms with Crippen molar-refractivity contribution in [3.05, 3.63) is 34.3 Å². The Labute approximate surface area is 126 Å². The van der Waals surface area contributed by atoms with Crippen LogP contribution in [0.5, 0.6) is 0 Å². The van der Waals surface area contributed by atoms with Crippen LogP contribution in [0.25, 0.3) is 0 Å². The summed E-state index contributed by atoms with van der Waals surface area (Å²) in [5.74, 6) is 2.49. The summed E-state index contributed by atoms with van der Waals surface area (Å²) in [6.45, 7) is 8.12. The van der Waals surface area contributed by atoms with Crippen LogP contribution in [-0.4, -0.2) is 6.04 Å². The Balaban J connectivity index is 1.95. The standard InChI is InChI=1S/C17H26BrN/c1-12(2)16-8-7-13(3)9-17(16)19-11-14-5-4-6-15(18)10-14/h4-6,10,12-13,16-17,19H,7-9,11H2,1-3H3. The highest BCUT2D eigenvalue weighted by atomic mass is 79.9. The average molecular weight is 324 g/mol. The largest absolute Gasteiger partial charge is 0.310 e. The van der Waals surface area contributed by atoms with Crippen molar-refractivity contribution in [3.63, 3.8) is 0 Å². The van der Waals surface area contributed by atoms with Crippen LogP contribution >= 0.6 is 15.9 Å². The number of nitrogens with one attached hydrogen (secondary N) is 1. The summed E-state index contributed by atoms with van der Waals surface area (Å²) in [7, 11) is 0. The highest BCUT2D eigenvalue weighted by Gasteiger charge is 2.30. The van der Waals surface area contributed by atoms with Crippen molar-refractivity contribution >= 4 is 15.9 Å². The van der Waals surface area contributed by atoms with Crippen LogP contribution in [0.3, 0.4) is 0 Å². The van der Waals surface area contributed by atoms with Crippen LogP contribution in [0, 0.1) is 17.8 Å².